The number of rotatable bonds is 9. The molecule has 3 rings (SSSR count). The number of nitrogens with one attached hydrogen (secondary N) is 1. The van der Waals surface area contributed by atoms with Crippen molar-refractivity contribution < 1.29 is 9.59 Å². The lowest BCUT2D eigenvalue weighted by atomic mass is 10.0. The average Bonchev–Trinajstić information content (AvgIpc) is 3.19. The molecular weight excluding hydrogens is 446 g/mol. The van der Waals surface area contributed by atoms with Gasteiger partial charge in [0.2, 0.25) is 5.91 Å². The first kappa shape index (κ1) is 23.5. The monoisotopic (exact) mass is 471 g/mol. The van der Waals surface area contributed by atoms with E-state index < -0.39 is 0 Å². The second kappa shape index (κ2) is 10.9. The minimum absolute atomic E-state index is 0.0222. The molecule has 0 aliphatic carbocycles. The van der Waals surface area contributed by atoms with E-state index in [1.54, 1.807) is 36.0 Å². The highest BCUT2D eigenvalue weighted by Gasteiger charge is 2.19. The van der Waals surface area contributed by atoms with Crippen LogP contribution in [-0.4, -0.2) is 27.1 Å². The zero-order valence-electron chi connectivity index (χ0n) is 17.9. The Labute approximate surface area is 195 Å². The van der Waals surface area contributed by atoms with Crippen molar-refractivity contribution in [3.63, 3.8) is 0 Å². The summed E-state index contributed by atoms with van der Waals surface area (Å²) in [6.07, 6.45) is 0. The average molecular weight is 472 g/mol. The Bertz CT molecular complexity index is 1030. The fourth-order valence-electron chi connectivity index (χ4n) is 2.81. The van der Waals surface area contributed by atoms with Gasteiger partial charge >= 0.3 is 0 Å². The van der Waals surface area contributed by atoms with Crippen molar-refractivity contribution in [2.45, 2.75) is 53.3 Å². The van der Waals surface area contributed by atoms with E-state index in [1.165, 1.54) is 41.1 Å². The van der Waals surface area contributed by atoms with E-state index in [4.69, 9.17) is 0 Å². The highest BCUT2D eigenvalue weighted by atomic mass is 32.2. The van der Waals surface area contributed by atoms with E-state index in [0.717, 1.165) is 14.4 Å². The molecule has 1 N–H and O–H groups in total. The van der Waals surface area contributed by atoms with Crippen LogP contribution in [0, 0.1) is 0 Å². The Kier molecular flexibility index (Phi) is 8.28. The maximum atomic E-state index is 12.7. The third-order valence-electron chi connectivity index (χ3n) is 4.53. The Morgan fingerprint density at radius 3 is 2.23 bits per heavy atom. The van der Waals surface area contributed by atoms with Crippen molar-refractivity contribution in [1.29, 1.82) is 0 Å². The lowest BCUT2D eigenvalue weighted by Crippen LogP contribution is -2.13. The number of Topliss-reactive ketones (excluding diaryl/α,β-unsaturated/α-hetero) is 1. The molecule has 2 aromatic carbocycles. The van der Waals surface area contributed by atoms with E-state index in [1.807, 2.05) is 6.92 Å². The van der Waals surface area contributed by atoms with Gasteiger partial charge in [-0.25, -0.2) is 0 Å². The number of carbonyl (C=O) groups is 2. The number of nitrogens with zero attached hydrogens (tertiary/aromatic N) is 2. The normalized spacial score (nSPS) is 12.0. The van der Waals surface area contributed by atoms with Crippen molar-refractivity contribution in [3.05, 3.63) is 65.2 Å². The zero-order valence-corrected chi connectivity index (χ0v) is 20.4. The van der Waals surface area contributed by atoms with Crippen molar-refractivity contribution in [3.8, 4) is 0 Å². The first-order chi connectivity index (χ1) is 14.8. The molecule has 0 saturated heterocycles. The Morgan fingerprint density at radius 2 is 1.61 bits per heavy atom. The van der Waals surface area contributed by atoms with Gasteiger partial charge < -0.3 is 5.32 Å². The van der Waals surface area contributed by atoms with Crippen molar-refractivity contribution in [2.24, 2.45) is 0 Å². The summed E-state index contributed by atoms with van der Waals surface area (Å²) in [6, 6.07) is 15.6. The smallest absolute Gasteiger partial charge is 0.221 e. The van der Waals surface area contributed by atoms with Crippen LogP contribution in [0.1, 0.15) is 55.1 Å². The van der Waals surface area contributed by atoms with Gasteiger partial charge in [0.25, 0.3) is 0 Å². The number of aromatic nitrogens is 2. The van der Waals surface area contributed by atoms with Gasteiger partial charge in [-0.2, -0.15) is 0 Å². The first-order valence-corrected chi connectivity index (χ1v) is 12.6. The zero-order chi connectivity index (χ0) is 22.4. The van der Waals surface area contributed by atoms with Crippen LogP contribution in [0.3, 0.4) is 0 Å². The summed E-state index contributed by atoms with van der Waals surface area (Å²) < 4.78 is 1.68. The number of thioether (sulfide) groups is 2. The highest BCUT2D eigenvalue weighted by Crippen LogP contribution is 2.33. The molecule has 0 bridgehead atoms. The van der Waals surface area contributed by atoms with Gasteiger partial charge in [0.05, 0.1) is 5.25 Å². The Hall–Kier alpha value is -2.16. The molecule has 1 unspecified atom stereocenters. The number of carbonyl (C=O) groups excluding carboxylic acids is 2. The van der Waals surface area contributed by atoms with Crippen molar-refractivity contribution in [2.75, 3.05) is 5.32 Å². The van der Waals surface area contributed by atoms with Crippen LogP contribution in [0.5, 0.6) is 0 Å². The second-order valence-electron chi connectivity index (χ2n) is 7.40. The van der Waals surface area contributed by atoms with Crippen LogP contribution in [0.15, 0.2) is 57.2 Å². The van der Waals surface area contributed by atoms with Gasteiger partial charge in [-0.3, -0.25) is 9.59 Å². The summed E-state index contributed by atoms with van der Waals surface area (Å²) in [5.74, 6) is 1.26. The van der Waals surface area contributed by atoms with Crippen LogP contribution < -0.4 is 5.32 Å². The van der Waals surface area contributed by atoms with E-state index in [0.29, 0.717) is 17.2 Å². The summed E-state index contributed by atoms with van der Waals surface area (Å²) >= 11 is 4.59. The number of benzene rings is 2. The standard InChI is InChI=1S/C23H25N3O2S3/c1-14(2)18-7-5-17(6-8-18)13-29-22-25-26-23(31-22)30-15(3)21(28)19-9-11-20(12-10-19)24-16(4)27/h5-12,14-15H,13H2,1-4H3,(H,24,27). The summed E-state index contributed by atoms with van der Waals surface area (Å²) in [4.78, 5) is 23.8. The molecule has 1 atom stereocenters. The summed E-state index contributed by atoms with van der Waals surface area (Å²) in [6.45, 7) is 7.71. The molecule has 0 radical (unpaired) electrons. The molecule has 3 aromatic rings. The number of hydrogen-bond donors (Lipinski definition) is 1. The van der Waals surface area contributed by atoms with Gasteiger partial charge in [-0.15, -0.1) is 10.2 Å². The quantitative estimate of drug-likeness (QED) is 0.293. The van der Waals surface area contributed by atoms with Gasteiger partial charge in [0.15, 0.2) is 14.5 Å². The molecule has 31 heavy (non-hydrogen) atoms. The maximum absolute atomic E-state index is 12.7. The molecular formula is C23H25N3O2S3. The predicted molar refractivity (Wildman–Crippen MR) is 130 cm³/mol. The van der Waals surface area contributed by atoms with Crippen molar-refractivity contribution >= 4 is 52.2 Å². The number of anilines is 1. The minimum Gasteiger partial charge on any atom is -0.326 e. The van der Waals surface area contributed by atoms with Gasteiger partial charge in [-0.1, -0.05) is 73.0 Å². The third kappa shape index (κ3) is 6.92. The van der Waals surface area contributed by atoms with Crippen LogP contribution in [0.2, 0.25) is 0 Å². The molecule has 5 nitrogen and oxygen atoms in total. The van der Waals surface area contributed by atoms with E-state index in [9.17, 15) is 9.59 Å². The summed E-state index contributed by atoms with van der Waals surface area (Å²) in [5.41, 5.74) is 3.88. The Morgan fingerprint density at radius 1 is 0.968 bits per heavy atom. The fraction of sp³-hybridized carbons (Fsp3) is 0.304. The van der Waals surface area contributed by atoms with Crippen LogP contribution in [0.4, 0.5) is 5.69 Å². The molecule has 162 valence electrons. The summed E-state index contributed by atoms with van der Waals surface area (Å²) in [7, 11) is 0. The van der Waals surface area contributed by atoms with E-state index in [2.05, 4.69) is 53.6 Å². The summed E-state index contributed by atoms with van der Waals surface area (Å²) in [5, 5.41) is 10.9. The van der Waals surface area contributed by atoms with Crippen LogP contribution in [0.25, 0.3) is 0 Å². The fourth-order valence-corrected chi connectivity index (χ4v) is 6.00. The number of hydrogen-bond acceptors (Lipinski definition) is 7. The third-order valence-corrected chi connectivity index (χ3v) is 7.85. The second-order valence-corrected chi connectivity index (χ2v) is 11.2. The molecule has 1 heterocycles. The predicted octanol–water partition coefficient (Wildman–Crippen LogP) is 6.28. The van der Waals surface area contributed by atoms with Crippen LogP contribution in [-0.2, 0) is 10.5 Å². The largest absolute Gasteiger partial charge is 0.326 e. The topological polar surface area (TPSA) is 72.0 Å². The lowest BCUT2D eigenvalue weighted by molar-refractivity contribution is -0.114. The lowest BCUT2D eigenvalue weighted by Gasteiger charge is -2.09. The molecule has 0 saturated carbocycles. The highest BCUT2D eigenvalue weighted by molar-refractivity contribution is 8.03. The van der Waals surface area contributed by atoms with Crippen molar-refractivity contribution in [1.82, 2.24) is 10.2 Å². The number of amides is 1. The molecule has 0 aliphatic heterocycles. The van der Waals surface area contributed by atoms with Gasteiger partial charge in [0, 0.05) is 23.9 Å². The first-order valence-electron chi connectivity index (χ1n) is 9.95. The van der Waals surface area contributed by atoms with Gasteiger partial charge in [0.1, 0.15) is 0 Å². The number of ketones is 1. The molecule has 8 heteroatoms. The maximum Gasteiger partial charge on any atom is 0.221 e. The molecule has 0 aliphatic rings. The SMILES string of the molecule is CC(=O)Nc1ccc(C(=O)C(C)Sc2nnc(SCc3ccc(C(C)C)cc3)s2)cc1. The molecule has 0 fully saturated rings. The molecule has 1 amide bonds. The van der Waals surface area contributed by atoms with E-state index >= 15 is 0 Å². The van der Waals surface area contributed by atoms with Crippen LogP contribution >= 0.6 is 34.9 Å². The van der Waals surface area contributed by atoms with Gasteiger partial charge in [-0.05, 0) is 48.2 Å². The van der Waals surface area contributed by atoms with E-state index in [-0.39, 0.29) is 16.9 Å². The Balaban J connectivity index is 1.53. The minimum atomic E-state index is -0.277. The molecule has 0 spiro atoms. The molecule has 1 aromatic heterocycles.